The van der Waals surface area contributed by atoms with Crippen LogP contribution in [0.5, 0.6) is 0 Å². The Kier molecular flexibility index (Phi) is 6.86. The Balaban J connectivity index is 0.000000265. The highest BCUT2D eigenvalue weighted by Crippen LogP contribution is 2.16. The third-order valence-corrected chi connectivity index (χ3v) is 2.32. The van der Waals surface area contributed by atoms with Gasteiger partial charge in [0.1, 0.15) is 0 Å². The highest BCUT2D eigenvalue weighted by atomic mass is 32.3. The van der Waals surface area contributed by atoms with Crippen LogP contribution in [0.15, 0.2) is 0 Å². The van der Waals surface area contributed by atoms with E-state index in [4.69, 9.17) is 13.5 Å². The lowest BCUT2D eigenvalue weighted by Crippen LogP contribution is -2.06. The van der Waals surface area contributed by atoms with Crippen LogP contribution in [0.25, 0.3) is 0 Å². The molecule has 0 unspecified atom stereocenters. The SMILES string of the molecule is O=S(=O)(F)N(F)F.OC1CCCCCC1. The number of hydrogen-bond donors (Lipinski definition) is 1. The van der Waals surface area contributed by atoms with E-state index in [0.717, 1.165) is 12.8 Å². The quantitative estimate of drug-likeness (QED) is 0.439. The number of nitrogens with zero attached hydrogens (tertiary/aromatic N) is 1. The van der Waals surface area contributed by atoms with Crippen molar-refractivity contribution < 1.29 is 26.4 Å². The largest absolute Gasteiger partial charge is 0.430 e. The Bertz CT molecular complexity index is 250. The summed E-state index contributed by atoms with van der Waals surface area (Å²) in [7, 11) is -5.74. The molecule has 0 saturated heterocycles. The maximum Gasteiger partial charge on any atom is 0.430 e. The fraction of sp³-hybridized carbons (Fsp3) is 1.00. The summed E-state index contributed by atoms with van der Waals surface area (Å²) < 4.78 is 46.7. The van der Waals surface area contributed by atoms with Crippen LogP contribution in [0.1, 0.15) is 38.5 Å². The van der Waals surface area contributed by atoms with Gasteiger partial charge in [-0.3, -0.25) is 0 Å². The van der Waals surface area contributed by atoms with Gasteiger partial charge in [0.2, 0.25) is 0 Å². The molecule has 1 aliphatic rings. The zero-order valence-electron chi connectivity index (χ0n) is 8.07. The molecule has 0 bridgehead atoms. The number of halogens is 3. The maximum absolute atomic E-state index is 10.7. The van der Waals surface area contributed by atoms with Crippen LogP contribution in [0, 0.1) is 0 Å². The molecule has 0 atom stereocenters. The van der Waals surface area contributed by atoms with Crippen molar-refractivity contribution >= 4 is 10.4 Å². The van der Waals surface area contributed by atoms with Crippen LogP contribution in [0.2, 0.25) is 0 Å². The number of rotatable bonds is 1. The van der Waals surface area contributed by atoms with Gasteiger partial charge < -0.3 is 5.11 Å². The molecule has 4 nitrogen and oxygen atoms in total. The molecule has 15 heavy (non-hydrogen) atoms. The molecule has 0 spiro atoms. The van der Waals surface area contributed by atoms with Crippen molar-refractivity contribution in [2.45, 2.75) is 44.6 Å². The molecule has 0 aromatic rings. The van der Waals surface area contributed by atoms with E-state index >= 15 is 0 Å². The topological polar surface area (TPSA) is 57.6 Å². The summed E-state index contributed by atoms with van der Waals surface area (Å²) in [6, 6.07) is 0. The molecule has 1 fully saturated rings. The zero-order chi connectivity index (χ0) is 11.9. The molecule has 0 aromatic carbocycles. The molecular formula is C7H14F3NO3S. The highest BCUT2D eigenvalue weighted by molar-refractivity contribution is 7.83. The average molecular weight is 249 g/mol. The first-order valence-electron chi connectivity index (χ1n) is 4.58. The minimum Gasteiger partial charge on any atom is -0.393 e. The maximum atomic E-state index is 10.7. The lowest BCUT2D eigenvalue weighted by atomic mass is 10.2. The monoisotopic (exact) mass is 249 g/mol. The van der Waals surface area contributed by atoms with Crippen molar-refractivity contribution in [3.63, 3.8) is 0 Å². The summed E-state index contributed by atoms with van der Waals surface area (Å²) in [5, 5.41) is 9.09. The van der Waals surface area contributed by atoms with Crippen LogP contribution in [0.4, 0.5) is 12.8 Å². The summed E-state index contributed by atoms with van der Waals surface area (Å²) in [6.45, 7) is 0. The summed E-state index contributed by atoms with van der Waals surface area (Å²) in [4.78, 5) is 0. The fourth-order valence-corrected chi connectivity index (χ4v) is 1.26. The van der Waals surface area contributed by atoms with Crippen molar-refractivity contribution in [2.24, 2.45) is 0 Å². The summed E-state index contributed by atoms with van der Waals surface area (Å²) in [6.07, 6.45) is 7.24. The van der Waals surface area contributed by atoms with Gasteiger partial charge in [-0.05, 0) is 12.8 Å². The van der Waals surface area contributed by atoms with Crippen molar-refractivity contribution in [3.05, 3.63) is 0 Å². The molecule has 0 amide bonds. The Morgan fingerprint density at radius 3 is 1.67 bits per heavy atom. The van der Waals surface area contributed by atoms with E-state index in [1.54, 1.807) is 0 Å². The summed E-state index contributed by atoms with van der Waals surface area (Å²) in [5.74, 6) is 0. The fourth-order valence-electron chi connectivity index (χ4n) is 1.26. The van der Waals surface area contributed by atoms with Crippen LogP contribution < -0.4 is 0 Å². The van der Waals surface area contributed by atoms with Crippen LogP contribution >= 0.6 is 0 Å². The van der Waals surface area contributed by atoms with E-state index in [0.29, 0.717) is 0 Å². The molecule has 0 heterocycles. The van der Waals surface area contributed by atoms with Gasteiger partial charge in [-0.15, -0.1) is 0 Å². The van der Waals surface area contributed by atoms with Gasteiger partial charge in [0.25, 0.3) is 0 Å². The van der Waals surface area contributed by atoms with E-state index in [1.807, 2.05) is 0 Å². The molecule has 8 heteroatoms. The minimum atomic E-state index is -5.74. The Morgan fingerprint density at radius 2 is 1.40 bits per heavy atom. The van der Waals surface area contributed by atoms with Gasteiger partial charge in [-0.2, -0.15) is 8.42 Å². The van der Waals surface area contributed by atoms with Crippen molar-refractivity contribution in [1.82, 2.24) is 4.75 Å². The number of aliphatic hydroxyl groups is 1. The first-order valence-corrected chi connectivity index (χ1v) is 5.92. The zero-order valence-corrected chi connectivity index (χ0v) is 8.89. The predicted octanol–water partition coefficient (Wildman–Crippen LogP) is 1.97. The van der Waals surface area contributed by atoms with Crippen LogP contribution in [-0.4, -0.2) is 24.4 Å². The standard InChI is InChI=1S/C7H14O.F3NO2S/c8-7-5-3-1-2-4-6-7;1-4(2)7(3,5)6/h7-8H,1-6H2;. The van der Waals surface area contributed by atoms with Crippen LogP contribution in [-0.2, 0) is 10.4 Å². The first kappa shape index (κ1) is 14.7. The second kappa shape index (κ2) is 7.02. The van der Waals surface area contributed by atoms with Crippen molar-refractivity contribution in [2.75, 3.05) is 0 Å². The van der Waals surface area contributed by atoms with E-state index in [9.17, 15) is 12.8 Å². The molecule has 1 rings (SSSR count). The van der Waals surface area contributed by atoms with Crippen molar-refractivity contribution in [1.29, 1.82) is 0 Å². The van der Waals surface area contributed by atoms with Gasteiger partial charge in [-0.25, -0.2) is 0 Å². The van der Waals surface area contributed by atoms with E-state index in [-0.39, 0.29) is 6.10 Å². The molecule has 92 valence electrons. The predicted molar refractivity (Wildman–Crippen MR) is 47.8 cm³/mol. The summed E-state index contributed by atoms with van der Waals surface area (Å²) >= 11 is 0. The second-order valence-electron chi connectivity index (χ2n) is 3.26. The first-order chi connectivity index (χ1) is 6.84. The number of hydrogen-bond acceptors (Lipinski definition) is 3. The Hall–Kier alpha value is -0.340. The van der Waals surface area contributed by atoms with Crippen LogP contribution in [0.3, 0.4) is 0 Å². The van der Waals surface area contributed by atoms with Gasteiger partial charge >= 0.3 is 10.4 Å². The van der Waals surface area contributed by atoms with Gasteiger partial charge in [0.05, 0.1) is 6.10 Å². The van der Waals surface area contributed by atoms with E-state index in [2.05, 4.69) is 0 Å². The molecule has 0 aliphatic heterocycles. The smallest absolute Gasteiger partial charge is 0.393 e. The summed E-state index contributed by atoms with van der Waals surface area (Å²) in [5.41, 5.74) is 0. The number of aliphatic hydroxyl groups excluding tert-OH is 1. The molecule has 0 aromatic heterocycles. The Labute approximate surface area is 86.9 Å². The van der Waals surface area contributed by atoms with Gasteiger partial charge in [-0.1, -0.05) is 38.5 Å². The average Bonchev–Trinajstić information content (AvgIpc) is 2.32. The Morgan fingerprint density at radius 1 is 1.07 bits per heavy atom. The lowest BCUT2D eigenvalue weighted by molar-refractivity contribution is -0.0591. The lowest BCUT2D eigenvalue weighted by Gasteiger charge is -2.02. The molecule has 0 radical (unpaired) electrons. The second-order valence-corrected chi connectivity index (χ2v) is 4.36. The van der Waals surface area contributed by atoms with Crippen molar-refractivity contribution in [3.8, 4) is 0 Å². The van der Waals surface area contributed by atoms with E-state index < -0.39 is 15.2 Å². The molecule has 1 aliphatic carbocycles. The molecule has 1 N–H and O–H groups in total. The third kappa shape index (κ3) is 8.64. The normalized spacial score (nSPS) is 19.3. The van der Waals surface area contributed by atoms with Gasteiger partial charge in [0, 0.05) is 0 Å². The minimum absolute atomic E-state index is 0.0255. The molecule has 1 saturated carbocycles. The van der Waals surface area contributed by atoms with E-state index in [1.165, 1.54) is 25.7 Å². The van der Waals surface area contributed by atoms with Gasteiger partial charge in [0.15, 0.2) is 4.75 Å². The highest BCUT2D eigenvalue weighted by Gasteiger charge is 2.18. The molecular weight excluding hydrogens is 235 g/mol. The third-order valence-electron chi connectivity index (χ3n) is 1.99.